The average molecular weight is 396 g/mol. The SMILES string of the molecule is COC(=O)C(CC#Cc1ccc(F)cc1)(CC#Cc1ccc(F)cc1)C(=O)OC. The van der Waals surface area contributed by atoms with Crippen molar-refractivity contribution in [1.82, 2.24) is 0 Å². The Morgan fingerprint density at radius 3 is 1.41 bits per heavy atom. The number of benzene rings is 2. The summed E-state index contributed by atoms with van der Waals surface area (Å²) in [6, 6.07) is 10.9. The Labute approximate surface area is 167 Å². The van der Waals surface area contributed by atoms with Crippen LogP contribution >= 0.6 is 0 Å². The van der Waals surface area contributed by atoms with Crippen LogP contribution in [-0.2, 0) is 19.1 Å². The number of halogens is 2. The van der Waals surface area contributed by atoms with E-state index in [4.69, 9.17) is 9.47 Å². The van der Waals surface area contributed by atoms with Crippen LogP contribution in [0.4, 0.5) is 8.78 Å². The van der Waals surface area contributed by atoms with Crippen LogP contribution in [0.1, 0.15) is 24.0 Å². The van der Waals surface area contributed by atoms with Crippen LogP contribution in [0, 0.1) is 40.7 Å². The molecule has 4 nitrogen and oxygen atoms in total. The standard InChI is InChI=1S/C23H18F2O4/c1-28-21(26)23(22(27)29-2,15-3-5-17-7-11-19(24)12-8-17)16-4-6-18-9-13-20(25)14-10-18/h7-14H,15-16H2,1-2H3. The number of ether oxygens (including phenoxy) is 2. The van der Waals surface area contributed by atoms with Crippen LogP contribution in [0.2, 0.25) is 0 Å². The van der Waals surface area contributed by atoms with Gasteiger partial charge in [-0.3, -0.25) is 9.59 Å². The molecule has 0 aliphatic carbocycles. The van der Waals surface area contributed by atoms with E-state index in [2.05, 4.69) is 23.7 Å². The minimum Gasteiger partial charge on any atom is -0.468 e. The molecule has 0 aromatic heterocycles. The summed E-state index contributed by atoms with van der Waals surface area (Å²) in [6.07, 6.45) is -0.413. The number of carbonyl (C=O) groups excluding carboxylic acids is 2. The van der Waals surface area contributed by atoms with E-state index in [-0.39, 0.29) is 12.8 Å². The van der Waals surface area contributed by atoms with Gasteiger partial charge in [-0.2, -0.15) is 0 Å². The Kier molecular flexibility index (Phi) is 7.51. The molecule has 148 valence electrons. The summed E-state index contributed by atoms with van der Waals surface area (Å²) in [5, 5.41) is 0. The van der Waals surface area contributed by atoms with Gasteiger partial charge in [0.2, 0.25) is 0 Å². The van der Waals surface area contributed by atoms with Crippen LogP contribution in [0.25, 0.3) is 0 Å². The fourth-order valence-corrected chi connectivity index (χ4v) is 2.49. The minimum atomic E-state index is -1.75. The van der Waals surface area contributed by atoms with E-state index < -0.39 is 29.0 Å². The van der Waals surface area contributed by atoms with Crippen molar-refractivity contribution in [2.75, 3.05) is 14.2 Å². The molecule has 0 atom stereocenters. The molecule has 2 rings (SSSR count). The molecule has 0 aliphatic rings. The smallest absolute Gasteiger partial charge is 0.325 e. The van der Waals surface area contributed by atoms with Crippen molar-refractivity contribution in [1.29, 1.82) is 0 Å². The zero-order valence-corrected chi connectivity index (χ0v) is 15.9. The van der Waals surface area contributed by atoms with Crippen molar-refractivity contribution >= 4 is 11.9 Å². The lowest BCUT2D eigenvalue weighted by atomic mass is 9.81. The monoisotopic (exact) mass is 396 g/mol. The highest BCUT2D eigenvalue weighted by molar-refractivity contribution is 6.00. The molecule has 0 spiro atoms. The first-order chi connectivity index (χ1) is 13.9. The molecule has 2 aromatic rings. The topological polar surface area (TPSA) is 52.6 Å². The van der Waals surface area contributed by atoms with Gasteiger partial charge in [0.15, 0.2) is 5.41 Å². The van der Waals surface area contributed by atoms with E-state index in [0.29, 0.717) is 11.1 Å². The molecule has 0 radical (unpaired) electrons. The van der Waals surface area contributed by atoms with E-state index in [1.54, 1.807) is 0 Å². The molecule has 0 fully saturated rings. The largest absolute Gasteiger partial charge is 0.468 e. The Morgan fingerprint density at radius 1 is 0.759 bits per heavy atom. The van der Waals surface area contributed by atoms with Gasteiger partial charge in [-0.15, -0.1) is 0 Å². The van der Waals surface area contributed by atoms with Crippen molar-refractivity contribution in [3.8, 4) is 23.7 Å². The third kappa shape index (κ3) is 5.67. The van der Waals surface area contributed by atoms with Crippen LogP contribution in [-0.4, -0.2) is 26.2 Å². The normalized spacial score (nSPS) is 10.1. The Bertz CT molecular complexity index is 904. The zero-order valence-electron chi connectivity index (χ0n) is 15.9. The molecule has 0 heterocycles. The molecular weight excluding hydrogens is 378 g/mol. The molecule has 6 heteroatoms. The first kappa shape index (κ1) is 21.7. The molecule has 0 amide bonds. The summed E-state index contributed by atoms with van der Waals surface area (Å²) in [5.41, 5.74) is -0.705. The number of methoxy groups -OCH3 is 2. The summed E-state index contributed by atoms with van der Waals surface area (Å²) in [4.78, 5) is 24.9. The number of esters is 2. The quantitative estimate of drug-likeness (QED) is 0.451. The van der Waals surface area contributed by atoms with Gasteiger partial charge in [0, 0.05) is 24.0 Å². The number of rotatable bonds is 4. The Morgan fingerprint density at radius 2 is 1.10 bits per heavy atom. The average Bonchev–Trinajstić information content (AvgIpc) is 2.74. The fourth-order valence-electron chi connectivity index (χ4n) is 2.49. The highest BCUT2D eigenvalue weighted by Gasteiger charge is 2.47. The molecule has 0 saturated carbocycles. The van der Waals surface area contributed by atoms with E-state index >= 15 is 0 Å². The predicted molar refractivity (Wildman–Crippen MR) is 102 cm³/mol. The summed E-state index contributed by atoms with van der Waals surface area (Å²) < 4.78 is 35.6. The molecule has 0 saturated heterocycles. The van der Waals surface area contributed by atoms with Crippen molar-refractivity contribution in [3.63, 3.8) is 0 Å². The second-order valence-electron chi connectivity index (χ2n) is 6.04. The van der Waals surface area contributed by atoms with Crippen LogP contribution in [0.3, 0.4) is 0 Å². The maximum Gasteiger partial charge on any atom is 0.325 e. The number of hydrogen-bond acceptors (Lipinski definition) is 4. The van der Waals surface area contributed by atoms with Gasteiger partial charge in [0.25, 0.3) is 0 Å². The van der Waals surface area contributed by atoms with Gasteiger partial charge >= 0.3 is 11.9 Å². The summed E-state index contributed by atoms with van der Waals surface area (Å²) >= 11 is 0. The molecule has 29 heavy (non-hydrogen) atoms. The summed E-state index contributed by atoms with van der Waals surface area (Å²) in [5.74, 6) is 8.62. The molecular formula is C23H18F2O4. The fraction of sp³-hybridized carbons (Fsp3) is 0.217. The van der Waals surface area contributed by atoms with Crippen LogP contribution in [0.5, 0.6) is 0 Å². The van der Waals surface area contributed by atoms with Crippen molar-refractivity contribution in [2.24, 2.45) is 5.41 Å². The van der Waals surface area contributed by atoms with Crippen LogP contribution < -0.4 is 0 Å². The first-order valence-corrected chi connectivity index (χ1v) is 8.57. The number of carbonyl (C=O) groups is 2. The molecule has 2 aromatic carbocycles. The van der Waals surface area contributed by atoms with Gasteiger partial charge in [0.05, 0.1) is 14.2 Å². The lowest BCUT2D eigenvalue weighted by Gasteiger charge is -2.23. The third-order valence-electron chi connectivity index (χ3n) is 4.09. The molecule has 0 N–H and O–H groups in total. The lowest BCUT2D eigenvalue weighted by Crippen LogP contribution is -2.40. The Hall–Kier alpha value is -3.64. The maximum absolute atomic E-state index is 13.0. The van der Waals surface area contributed by atoms with Gasteiger partial charge < -0.3 is 9.47 Å². The summed E-state index contributed by atoms with van der Waals surface area (Å²) in [6.45, 7) is 0. The predicted octanol–water partition coefficient (Wildman–Crippen LogP) is 3.48. The van der Waals surface area contributed by atoms with E-state index in [1.807, 2.05) is 0 Å². The van der Waals surface area contributed by atoms with Gasteiger partial charge in [0.1, 0.15) is 11.6 Å². The second-order valence-corrected chi connectivity index (χ2v) is 6.04. The highest BCUT2D eigenvalue weighted by Crippen LogP contribution is 2.30. The summed E-state index contributed by atoms with van der Waals surface area (Å²) in [7, 11) is 2.31. The van der Waals surface area contributed by atoms with E-state index in [1.165, 1.54) is 48.5 Å². The molecule has 0 bridgehead atoms. The maximum atomic E-state index is 13.0. The van der Waals surface area contributed by atoms with E-state index in [0.717, 1.165) is 14.2 Å². The third-order valence-corrected chi connectivity index (χ3v) is 4.09. The van der Waals surface area contributed by atoms with Gasteiger partial charge in [-0.05, 0) is 48.5 Å². The zero-order chi connectivity index (χ0) is 21.3. The first-order valence-electron chi connectivity index (χ1n) is 8.57. The minimum absolute atomic E-state index is 0.207. The number of hydrogen-bond donors (Lipinski definition) is 0. The van der Waals surface area contributed by atoms with Crippen molar-refractivity contribution < 1.29 is 27.8 Å². The van der Waals surface area contributed by atoms with Crippen LogP contribution in [0.15, 0.2) is 48.5 Å². The molecule has 0 aliphatic heterocycles. The lowest BCUT2D eigenvalue weighted by molar-refractivity contribution is -0.168. The molecule has 0 unspecified atom stereocenters. The van der Waals surface area contributed by atoms with Gasteiger partial charge in [-0.25, -0.2) is 8.78 Å². The second kappa shape index (κ2) is 10.1. The van der Waals surface area contributed by atoms with Gasteiger partial charge in [-0.1, -0.05) is 23.7 Å². The van der Waals surface area contributed by atoms with Crippen molar-refractivity contribution in [2.45, 2.75) is 12.8 Å². The Balaban J connectivity index is 2.32. The van der Waals surface area contributed by atoms with E-state index in [9.17, 15) is 18.4 Å². The van der Waals surface area contributed by atoms with Crippen molar-refractivity contribution in [3.05, 3.63) is 71.3 Å². The highest BCUT2D eigenvalue weighted by atomic mass is 19.1.